The van der Waals surface area contributed by atoms with Crippen LogP contribution in [0.3, 0.4) is 0 Å². The van der Waals surface area contributed by atoms with Gasteiger partial charge in [-0.2, -0.15) is 0 Å². The minimum atomic E-state index is 0.117. The van der Waals surface area contributed by atoms with Crippen molar-refractivity contribution in [1.82, 2.24) is 5.32 Å². The molecule has 0 bridgehead atoms. The Morgan fingerprint density at radius 2 is 1.88 bits per heavy atom. The maximum absolute atomic E-state index is 11.5. The molecule has 0 unspecified atom stereocenters. The molecule has 2 N–H and O–H groups in total. The van der Waals surface area contributed by atoms with E-state index in [1.54, 1.807) is 0 Å². The van der Waals surface area contributed by atoms with Crippen molar-refractivity contribution >= 4 is 5.91 Å². The van der Waals surface area contributed by atoms with Gasteiger partial charge in [0.2, 0.25) is 5.91 Å². The summed E-state index contributed by atoms with van der Waals surface area (Å²) in [6, 6.07) is 0. The van der Waals surface area contributed by atoms with Crippen molar-refractivity contribution in [2.24, 2.45) is 17.8 Å². The van der Waals surface area contributed by atoms with E-state index in [0.717, 1.165) is 25.8 Å². The van der Waals surface area contributed by atoms with Crippen LogP contribution in [0.2, 0.25) is 0 Å². The summed E-state index contributed by atoms with van der Waals surface area (Å²) < 4.78 is 0. The Balaban J connectivity index is 3.61. The van der Waals surface area contributed by atoms with E-state index in [1.807, 2.05) is 20.8 Å². The Kier molecular flexibility index (Phi) is 8.26. The number of nitrogens with one attached hydrogen (secondary N) is 1. The maximum Gasteiger partial charge on any atom is 0.222 e. The van der Waals surface area contributed by atoms with Crippen LogP contribution in [-0.4, -0.2) is 24.2 Å². The van der Waals surface area contributed by atoms with Crippen molar-refractivity contribution in [3.05, 3.63) is 0 Å². The molecule has 96 valence electrons. The van der Waals surface area contributed by atoms with Crippen LogP contribution in [0.25, 0.3) is 0 Å². The highest BCUT2D eigenvalue weighted by Crippen LogP contribution is 2.14. The second kappa shape index (κ2) is 8.57. The minimum Gasteiger partial charge on any atom is -0.396 e. The first-order valence-corrected chi connectivity index (χ1v) is 6.39. The second-order valence-corrected chi connectivity index (χ2v) is 5.02. The van der Waals surface area contributed by atoms with Gasteiger partial charge in [0.25, 0.3) is 0 Å². The molecule has 0 aliphatic rings. The Bertz CT molecular complexity index is 194. The molecule has 0 fully saturated rings. The molecule has 0 aliphatic carbocycles. The van der Waals surface area contributed by atoms with E-state index >= 15 is 0 Å². The molecule has 0 saturated carbocycles. The fraction of sp³-hybridized carbons (Fsp3) is 0.923. The summed E-state index contributed by atoms with van der Waals surface area (Å²) in [7, 11) is 0. The highest BCUT2D eigenvalue weighted by Gasteiger charge is 2.11. The molecule has 3 nitrogen and oxygen atoms in total. The molecule has 0 radical (unpaired) electrons. The van der Waals surface area contributed by atoms with E-state index in [4.69, 9.17) is 5.11 Å². The largest absolute Gasteiger partial charge is 0.396 e. The van der Waals surface area contributed by atoms with Crippen LogP contribution in [0.15, 0.2) is 0 Å². The molecule has 3 atom stereocenters. The minimum absolute atomic E-state index is 0.117. The summed E-state index contributed by atoms with van der Waals surface area (Å²) in [5.41, 5.74) is 0. The van der Waals surface area contributed by atoms with Gasteiger partial charge in [0.15, 0.2) is 0 Å². The number of aliphatic hydroxyl groups is 1. The van der Waals surface area contributed by atoms with Crippen LogP contribution in [0.1, 0.15) is 47.0 Å². The molecule has 0 aromatic heterocycles. The van der Waals surface area contributed by atoms with Crippen molar-refractivity contribution < 1.29 is 9.90 Å². The number of hydrogen-bond donors (Lipinski definition) is 2. The van der Waals surface area contributed by atoms with Gasteiger partial charge >= 0.3 is 0 Å². The van der Waals surface area contributed by atoms with E-state index in [1.165, 1.54) is 0 Å². The first kappa shape index (κ1) is 15.4. The molecule has 0 aromatic rings. The number of hydrogen-bond acceptors (Lipinski definition) is 2. The quantitative estimate of drug-likeness (QED) is 0.670. The molecule has 0 aliphatic heterocycles. The van der Waals surface area contributed by atoms with Crippen LogP contribution >= 0.6 is 0 Å². The van der Waals surface area contributed by atoms with Crippen LogP contribution in [0, 0.1) is 17.8 Å². The van der Waals surface area contributed by atoms with Crippen LogP contribution in [-0.2, 0) is 4.79 Å². The first-order chi connectivity index (χ1) is 7.51. The zero-order chi connectivity index (χ0) is 12.6. The molecule has 0 saturated heterocycles. The maximum atomic E-state index is 11.5. The zero-order valence-electron chi connectivity index (χ0n) is 11.1. The van der Waals surface area contributed by atoms with Crippen LogP contribution < -0.4 is 5.32 Å². The molecule has 0 spiro atoms. The Morgan fingerprint density at radius 3 is 2.38 bits per heavy atom. The predicted molar refractivity (Wildman–Crippen MR) is 67.1 cm³/mol. The zero-order valence-corrected chi connectivity index (χ0v) is 11.1. The molecule has 1 amide bonds. The van der Waals surface area contributed by atoms with Gasteiger partial charge in [-0.1, -0.05) is 27.7 Å². The lowest BCUT2D eigenvalue weighted by atomic mass is 9.95. The summed E-state index contributed by atoms with van der Waals surface area (Å²) in [6.07, 6.45) is 2.91. The van der Waals surface area contributed by atoms with Crippen molar-refractivity contribution in [3.8, 4) is 0 Å². The predicted octanol–water partition coefficient (Wildman–Crippen LogP) is 2.19. The fourth-order valence-corrected chi connectivity index (χ4v) is 1.68. The first-order valence-electron chi connectivity index (χ1n) is 6.39. The van der Waals surface area contributed by atoms with Crippen LogP contribution in [0.4, 0.5) is 0 Å². The standard InChI is InChI=1S/C13H27NO2/c1-5-12(4)13(16)14-7-6-10(2)8-11(3)9-15/h10-12,15H,5-9H2,1-4H3,(H,14,16)/t10-,11+,12-/m1/s1. The molecular formula is C13H27NO2. The lowest BCUT2D eigenvalue weighted by Crippen LogP contribution is -2.30. The van der Waals surface area contributed by atoms with Crippen molar-refractivity contribution in [3.63, 3.8) is 0 Å². The number of amides is 1. The molecule has 0 aromatic carbocycles. The molecule has 16 heavy (non-hydrogen) atoms. The number of aliphatic hydroxyl groups excluding tert-OH is 1. The molecule has 0 heterocycles. The summed E-state index contributed by atoms with van der Waals surface area (Å²) in [6.45, 7) is 9.20. The van der Waals surface area contributed by atoms with Gasteiger partial charge < -0.3 is 10.4 Å². The highest BCUT2D eigenvalue weighted by molar-refractivity contribution is 5.78. The van der Waals surface area contributed by atoms with E-state index in [-0.39, 0.29) is 18.4 Å². The fourth-order valence-electron chi connectivity index (χ4n) is 1.68. The van der Waals surface area contributed by atoms with E-state index in [9.17, 15) is 4.79 Å². The Labute approximate surface area is 99.6 Å². The van der Waals surface area contributed by atoms with Crippen molar-refractivity contribution in [1.29, 1.82) is 0 Å². The third-order valence-corrected chi connectivity index (χ3v) is 3.11. The summed E-state index contributed by atoms with van der Waals surface area (Å²) >= 11 is 0. The summed E-state index contributed by atoms with van der Waals surface area (Å²) in [5.74, 6) is 1.19. The SMILES string of the molecule is CC[C@@H](C)C(=O)NCC[C@@H](C)C[C@H](C)CO. The number of carbonyl (C=O) groups is 1. The monoisotopic (exact) mass is 229 g/mol. The van der Waals surface area contributed by atoms with E-state index in [2.05, 4.69) is 12.2 Å². The molecule has 0 rings (SSSR count). The highest BCUT2D eigenvalue weighted by atomic mass is 16.3. The van der Waals surface area contributed by atoms with E-state index < -0.39 is 0 Å². The van der Waals surface area contributed by atoms with Gasteiger partial charge in [0, 0.05) is 19.1 Å². The van der Waals surface area contributed by atoms with Crippen molar-refractivity contribution in [2.75, 3.05) is 13.2 Å². The average molecular weight is 229 g/mol. The average Bonchev–Trinajstić information content (AvgIpc) is 2.27. The third-order valence-electron chi connectivity index (χ3n) is 3.11. The smallest absolute Gasteiger partial charge is 0.222 e. The van der Waals surface area contributed by atoms with E-state index in [0.29, 0.717) is 11.8 Å². The van der Waals surface area contributed by atoms with Gasteiger partial charge in [-0.15, -0.1) is 0 Å². The summed E-state index contributed by atoms with van der Waals surface area (Å²) in [5, 5.41) is 11.9. The van der Waals surface area contributed by atoms with Crippen LogP contribution in [0.5, 0.6) is 0 Å². The Hall–Kier alpha value is -0.570. The molecular weight excluding hydrogens is 202 g/mol. The number of rotatable bonds is 8. The van der Waals surface area contributed by atoms with Crippen molar-refractivity contribution in [2.45, 2.75) is 47.0 Å². The van der Waals surface area contributed by atoms with Gasteiger partial charge in [0.05, 0.1) is 0 Å². The third kappa shape index (κ3) is 6.83. The van der Waals surface area contributed by atoms with Gasteiger partial charge in [-0.3, -0.25) is 4.79 Å². The Morgan fingerprint density at radius 1 is 1.25 bits per heavy atom. The van der Waals surface area contributed by atoms with Gasteiger partial charge in [-0.25, -0.2) is 0 Å². The number of carbonyl (C=O) groups excluding carboxylic acids is 1. The summed E-state index contributed by atoms with van der Waals surface area (Å²) in [4.78, 5) is 11.5. The lowest BCUT2D eigenvalue weighted by molar-refractivity contribution is -0.124. The van der Waals surface area contributed by atoms with Gasteiger partial charge in [-0.05, 0) is 31.1 Å². The molecule has 3 heteroatoms. The topological polar surface area (TPSA) is 49.3 Å². The normalized spacial score (nSPS) is 16.6. The van der Waals surface area contributed by atoms with Gasteiger partial charge in [0.1, 0.15) is 0 Å². The lowest BCUT2D eigenvalue weighted by Gasteiger charge is -2.16. The second-order valence-electron chi connectivity index (χ2n) is 5.02.